The monoisotopic (exact) mass is 393 g/mol. The molecule has 0 unspecified atom stereocenters. The molecule has 0 atom stereocenters. The molecule has 0 aliphatic carbocycles. The number of hydrogen-bond acceptors (Lipinski definition) is 4. The number of pyridine rings is 1. The molecular weight excluding hydrogens is 379 g/mol. The molecular formula is C19H14F3NO3S. The maximum Gasteiger partial charge on any atom is 0.446 e. The Morgan fingerprint density at radius 2 is 1.89 bits per heavy atom. The molecule has 0 aliphatic heterocycles. The molecule has 0 saturated carbocycles. The predicted octanol–water partition coefficient (Wildman–Crippen LogP) is 5.05. The molecule has 1 N–H and O–H groups in total. The molecule has 0 spiro atoms. The summed E-state index contributed by atoms with van der Waals surface area (Å²) in [5.41, 5.74) is -2.90. The fraction of sp³-hybridized carbons (Fsp3) is 0.158. The molecule has 1 aromatic heterocycles. The molecule has 0 aliphatic rings. The van der Waals surface area contributed by atoms with Crippen molar-refractivity contribution in [3.63, 3.8) is 0 Å². The Hall–Kier alpha value is -2.74. The van der Waals surface area contributed by atoms with Crippen LogP contribution in [0.15, 0.2) is 59.5 Å². The van der Waals surface area contributed by atoms with Gasteiger partial charge >= 0.3 is 11.5 Å². The van der Waals surface area contributed by atoms with Gasteiger partial charge in [-0.15, -0.1) is 0 Å². The Morgan fingerprint density at radius 1 is 1.11 bits per heavy atom. The lowest BCUT2D eigenvalue weighted by Crippen LogP contribution is -2.05. The molecule has 27 heavy (non-hydrogen) atoms. The summed E-state index contributed by atoms with van der Waals surface area (Å²) in [4.78, 5) is 15.0. The van der Waals surface area contributed by atoms with Crippen LogP contribution in [0, 0.1) is 0 Å². The van der Waals surface area contributed by atoms with Gasteiger partial charge in [0.1, 0.15) is 12.4 Å². The SMILES string of the molecule is O=C(O)Cc1ccc(OCc2ccc3ccccc3n2)c(SC(F)(F)F)c1. The maximum atomic E-state index is 12.8. The number of carboxylic acid groups (broad SMARTS) is 1. The van der Waals surface area contributed by atoms with E-state index in [1.807, 2.05) is 30.3 Å². The van der Waals surface area contributed by atoms with Crippen molar-refractivity contribution in [1.29, 1.82) is 0 Å². The van der Waals surface area contributed by atoms with E-state index in [-0.39, 0.29) is 41.0 Å². The van der Waals surface area contributed by atoms with Gasteiger partial charge in [0, 0.05) is 5.39 Å². The number of halogens is 3. The van der Waals surface area contributed by atoms with Crippen LogP contribution in [0.25, 0.3) is 10.9 Å². The van der Waals surface area contributed by atoms with Crippen LogP contribution in [0.5, 0.6) is 5.75 Å². The second-order valence-corrected chi connectivity index (χ2v) is 6.79. The smallest absolute Gasteiger partial charge is 0.446 e. The first kappa shape index (κ1) is 19.0. The number of aromatic nitrogens is 1. The number of fused-ring (bicyclic) bond motifs is 1. The number of ether oxygens (including phenoxy) is 1. The van der Waals surface area contributed by atoms with Crippen molar-refractivity contribution in [2.24, 2.45) is 0 Å². The molecule has 3 rings (SSSR count). The Labute approximate surface area is 157 Å². The summed E-state index contributed by atoms with van der Waals surface area (Å²) < 4.78 is 44.0. The highest BCUT2D eigenvalue weighted by molar-refractivity contribution is 8.00. The third-order valence-corrected chi connectivity index (χ3v) is 4.39. The Bertz CT molecular complexity index is 976. The maximum absolute atomic E-state index is 12.8. The second kappa shape index (κ2) is 7.87. The van der Waals surface area contributed by atoms with Crippen molar-refractivity contribution in [2.45, 2.75) is 23.4 Å². The van der Waals surface area contributed by atoms with E-state index >= 15 is 0 Å². The van der Waals surface area contributed by atoms with E-state index in [9.17, 15) is 18.0 Å². The fourth-order valence-corrected chi connectivity index (χ4v) is 3.19. The summed E-state index contributed by atoms with van der Waals surface area (Å²) in [7, 11) is 0. The molecule has 140 valence electrons. The van der Waals surface area contributed by atoms with E-state index in [0.717, 1.165) is 10.9 Å². The van der Waals surface area contributed by atoms with Crippen LogP contribution in [-0.4, -0.2) is 21.6 Å². The summed E-state index contributed by atoms with van der Waals surface area (Å²) in [6.07, 6.45) is -0.363. The average Bonchev–Trinajstić information content (AvgIpc) is 2.59. The lowest BCUT2D eigenvalue weighted by molar-refractivity contribution is -0.136. The molecule has 2 aromatic carbocycles. The third kappa shape index (κ3) is 5.37. The van der Waals surface area contributed by atoms with Gasteiger partial charge in [-0.1, -0.05) is 30.3 Å². The summed E-state index contributed by atoms with van der Waals surface area (Å²) in [6.45, 7) is -0.00543. The minimum Gasteiger partial charge on any atom is -0.486 e. The molecule has 0 bridgehead atoms. The fourth-order valence-electron chi connectivity index (χ4n) is 2.50. The van der Waals surface area contributed by atoms with Crippen molar-refractivity contribution in [3.8, 4) is 5.75 Å². The van der Waals surface area contributed by atoms with Gasteiger partial charge in [0.05, 0.1) is 22.5 Å². The zero-order chi connectivity index (χ0) is 19.4. The summed E-state index contributed by atoms with van der Waals surface area (Å²) >= 11 is -0.332. The van der Waals surface area contributed by atoms with Crippen molar-refractivity contribution in [1.82, 2.24) is 4.98 Å². The molecule has 3 aromatic rings. The van der Waals surface area contributed by atoms with Gasteiger partial charge in [0.15, 0.2) is 0 Å². The van der Waals surface area contributed by atoms with Crippen molar-refractivity contribution in [2.75, 3.05) is 0 Å². The molecule has 8 heteroatoms. The Morgan fingerprint density at radius 3 is 2.63 bits per heavy atom. The van der Waals surface area contributed by atoms with E-state index in [1.54, 1.807) is 6.07 Å². The lowest BCUT2D eigenvalue weighted by atomic mass is 10.1. The zero-order valence-electron chi connectivity index (χ0n) is 13.9. The van der Waals surface area contributed by atoms with Gasteiger partial charge in [0.2, 0.25) is 0 Å². The highest BCUT2D eigenvalue weighted by Gasteiger charge is 2.31. The number of rotatable bonds is 6. The standard InChI is InChI=1S/C19H14F3NO3S/c20-19(21,22)27-17-9-12(10-18(24)25)5-8-16(17)26-11-14-7-6-13-3-1-2-4-15(13)23-14/h1-9H,10-11H2,(H,24,25). The van der Waals surface area contributed by atoms with Crippen LogP contribution >= 0.6 is 11.8 Å². The van der Waals surface area contributed by atoms with Gasteiger partial charge < -0.3 is 9.84 Å². The van der Waals surface area contributed by atoms with E-state index in [0.29, 0.717) is 5.69 Å². The Kier molecular flexibility index (Phi) is 5.55. The van der Waals surface area contributed by atoms with Gasteiger partial charge in [-0.2, -0.15) is 13.2 Å². The normalized spacial score (nSPS) is 11.5. The van der Waals surface area contributed by atoms with E-state index in [4.69, 9.17) is 9.84 Å². The molecule has 0 saturated heterocycles. The van der Waals surface area contributed by atoms with Crippen LogP contribution in [-0.2, 0) is 17.8 Å². The minimum absolute atomic E-state index is 0.00543. The van der Waals surface area contributed by atoms with Crippen LogP contribution in [0.2, 0.25) is 0 Å². The van der Waals surface area contributed by atoms with Crippen LogP contribution in [0.3, 0.4) is 0 Å². The van der Waals surface area contributed by atoms with Crippen LogP contribution in [0.4, 0.5) is 13.2 Å². The van der Waals surface area contributed by atoms with Gasteiger partial charge in [-0.3, -0.25) is 4.79 Å². The highest BCUT2D eigenvalue weighted by atomic mass is 32.2. The van der Waals surface area contributed by atoms with Crippen LogP contribution in [0.1, 0.15) is 11.3 Å². The van der Waals surface area contributed by atoms with Crippen LogP contribution < -0.4 is 4.74 Å². The minimum atomic E-state index is -4.51. The van der Waals surface area contributed by atoms with Gasteiger partial charge in [0.25, 0.3) is 0 Å². The number of carbonyl (C=O) groups is 1. The first-order chi connectivity index (χ1) is 12.8. The van der Waals surface area contributed by atoms with E-state index in [2.05, 4.69) is 4.98 Å². The number of hydrogen-bond donors (Lipinski definition) is 1. The van der Waals surface area contributed by atoms with E-state index in [1.165, 1.54) is 18.2 Å². The third-order valence-electron chi connectivity index (χ3n) is 3.62. The number of carboxylic acids is 1. The molecule has 0 amide bonds. The number of alkyl halides is 3. The second-order valence-electron chi connectivity index (χ2n) is 5.68. The average molecular weight is 393 g/mol. The predicted molar refractivity (Wildman–Crippen MR) is 95.8 cm³/mol. The van der Waals surface area contributed by atoms with Crippen molar-refractivity contribution < 1.29 is 27.8 Å². The van der Waals surface area contributed by atoms with Crippen molar-refractivity contribution in [3.05, 3.63) is 65.9 Å². The molecule has 4 nitrogen and oxygen atoms in total. The number of nitrogens with zero attached hydrogens (tertiary/aromatic N) is 1. The largest absolute Gasteiger partial charge is 0.486 e. The van der Waals surface area contributed by atoms with Gasteiger partial charge in [-0.05, 0) is 41.6 Å². The summed E-state index contributed by atoms with van der Waals surface area (Å²) in [5.74, 6) is -1.09. The zero-order valence-corrected chi connectivity index (χ0v) is 14.7. The number of aliphatic carboxylic acids is 1. The molecule has 0 fully saturated rings. The number of para-hydroxylation sites is 1. The lowest BCUT2D eigenvalue weighted by Gasteiger charge is -2.14. The first-order valence-corrected chi connectivity index (χ1v) is 8.70. The van der Waals surface area contributed by atoms with E-state index < -0.39 is 11.5 Å². The topological polar surface area (TPSA) is 59.4 Å². The first-order valence-electron chi connectivity index (χ1n) is 7.88. The summed E-state index contributed by atoms with van der Waals surface area (Å²) in [5, 5.41) is 9.78. The number of thioether (sulfide) groups is 1. The highest BCUT2D eigenvalue weighted by Crippen LogP contribution is 2.42. The molecule has 0 radical (unpaired) electrons. The number of benzene rings is 2. The molecule has 1 heterocycles. The van der Waals surface area contributed by atoms with Crippen molar-refractivity contribution >= 4 is 28.6 Å². The Balaban J connectivity index is 1.82. The van der Waals surface area contributed by atoms with Gasteiger partial charge in [-0.25, -0.2) is 4.98 Å². The summed E-state index contributed by atoms with van der Waals surface area (Å²) in [6, 6.07) is 15.1. The quantitative estimate of drug-likeness (QED) is 0.594.